The number of allylic oxidation sites excluding steroid dienone is 1. The molecule has 2 aliphatic heterocycles. The number of aliphatic imine (C=N–C) groups is 2. The number of fused-ring (bicyclic) bond motifs is 1. The zero-order chi connectivity index (χ0) is 9.26. The van der Waals surface area contributed by atoms with Gasteiger partial charge in [0.25, 0.3) is 0 Å². The fraction of sp³-hybridized carbons (Fsp3) is 0.375. The highest BCUT2D eigenvalue weighted by Crippen LogP contribution is 2.23. The fourth-order valence-electron chi connectivity index (χ4n) is 1.08. The Morgan fingerprint density at radius 3 is 3.31 bits per heavy atom. The molecule has 0 fully saturated rings. The normalized spacial score (nSPS) is 19.0. The number of nitrogens with zero attached hydrogens (tertiary/aromatic N) is 2. The van der Waals surface area contributed by atoms with Crippen LogP contribution in [0.3, 0.4) is 0 Å². The van der Waals surface area contributed by atoms with Crippen LogP contribution in [0, 0.1) is 0 Å². The van der Waals surface area contributed by atoms with Crippen LogP contribution in [-0.4, -0.2) is 29.2 Å². The van der Waals surface area contributed by atoms with Crippen molar-refractivity contribution in [3.63, 3.8) is 0 Å². The van der Waals surface area contributed by atoms with Gasteiger partial charge >= 0.3 is 5.97 Å². The van der Waals surface area contributed by atoms with Crippen molar-refractivity contribution in [2.45, 2.75) is 6.92 Å². The molecule has 0 bridgehead atoms. The molecule has 68 valence electrons. The maximum atomic E-state index is 11.2. The van der Waals surface area contributed by atoms with Crippen molar-refractivity contribution in [3.05, 3.63) is 11.8 Å². The SMILES string of the molecule is CCOC(=O)C1=CC2=NCSC2=N1. The third kappa shape index (κ3) is 1.51. The van der Waals surface area contributed by atoms with Gasteiger partial charge < -0.3 is 4.74 Å². The van der Waals surface area contributed by atoms with Gasteiger partial charge in [0, 0.05) is 0 Å². The average molecular weight is 196 g/mol. The Morgan fingerprint density at radius 1 is 1.77 bits per heavy atom. The first-order valence-electron chi connectivity index (χ1n) is 3.96. The number of carbonyl (C=O) groups excluding carboxylic acids is 1. The van der Waals surface area contributed by atoms with E-state index < -0.39 is 0 Å². The monoisotopic (exact) mass is 196 g/mol. The van der Waals surface area contributed by atoms with Crippen LogP contribution in [0.15, 0.2) is 21.8 Å². The van der Waals surface area contributed by atoms with E-state index in [0.29, 0.717) is 18.2 Å². The van der Waals surface area contributed by atoms with Crippen molar-refractivity contribution in [2.75, 3.05) is 12.5 Å². The Kier molecular flexibility index (Phi) is 2.18. The van der Waals surface area contributed by atoms with Gasteiger partial charge in [0.2, 0.25) is 0 Å². The van der Waals surface area contributed by atoms with E-state index in [1.807, 2.05) is 0 Å². The van der Waals surface area contributed by atoms with Gasteiger partial charge in [-0.1, -0.05) is 11.8 Å². The van der Waals surface area contributed by atoms with E-state index in [2.05, 4.69) is 9.98 Å². The standard InChI is InChI=1S/C8H8N2O2S/c1-2-12-8(11)6-3-5-7(10-6)13-4-9-5/h3H,2,4H2,1H3. The van der Waals surface area contributed by atoms with Gasteiger partial charge in [-0.15, -0.1) is 0 Å². The molecule has 0 spiro atoms. The summed E-state index contributed by atoms with van der Waals surface area (Å²) >= 11 is 1.54. The number of thioether (sulfide) groups is 1. The lowest BCUT2D eigenvalue weighted by Gasteiger charge is -1.97. The number of carbonyl (C=O) groups is 1. The summed E-state index contributed by atoms with van der Waals surface area (Å²) in [7, 11) is 0. The molecule has 0 aromatic rings. The van der Waals surface area contributed by atoms with Crippen LogP contribution < -0.4 is 0 Å². The minimum atomic E-state index is -0.368. The quantitative estimate of drug-likeness (QED) is 0.619. The third-order valence-electron chi connectivity index (χ3n) is 1.64. The molecule has 0 N–H and O–H groups in total. The number of hydrogen-bond acceptors (Lipinski definition) is 5. The molecule has 0 saturated heterocycles. The minimum Gasteiger partial charge on any atom is -0.461 e. The second-order valence-electron chi connectivity index (χ2n) is 2.48. The van der Waals surface area contributed by atoms with Crippen LogP contribution in [0.2, 0.25) is 0 Å². The van der Waals surface area contributed by atoms with E-state index in [-0.39, 0.29) is 5.97 Å². The second kappa shape index (κ2) is 3.33. The first-order chi connectivity index (χ1) is 6.31. The molecule has 0 unspecified atom stereocenters. The van der Waals surface area contributed by atoms with Crippen LogP contribution in [0.1, 0.15) is 6.92 Å². The minimum absolute atomic E-state index is 0.364. The number of rotatable bonds is 2. The van der Waals surface area contributed by atoms with Gasteiger partial charge in [0.15, 0.2) is 5.70 Å². The molecular weight excluding hydrogens is 188 g/mol. The maximum absolute atomic E-state index is 11.2. The molecule has 0 aliphatic carbocycles. The molecule has 2 heterocycles. The number of ether oxygens (including phenoxy) is 1. The van der Waals surface area contributed by atoms with E-state index in [9.17, 15) is 4.79 Å². The molecule has 0 saturated carbocycles. The average Bonchev–Trinajstić information content (AvgIpc) is 2.61. The van der Waals surface area contributed by atoms with Crippen LogP contribution in [-0.2, 0) is 9.53 Å². The van der Waals surface area contributed by atoms with Crippen molar-refractivity contribution >= 4 is 28.5 Å². The van der Waals surface area contributed by atoms with Crippen LogP contribution in [0.25, 0.3) is 0 Å². The summed E-state index contributed by atoms with van der Waals surface area (Å²) in [6, 6.07) is 0. The molecule has 0 amide bonds. The van der Waals surface area contributed by atoms with Crippen molar-refractivity contribution in [2.24, 2.45) is 9.98 Å². The highest BCUT2D eigenvalue weighted by Gasteiger charge is 2.24. The fourth-order valence-corrected chi connectivity index (χ4v) is 1.84. The van der Waals surface area contributed by atoms with E-state index in [1.165, 1.54) is 11.8 Å². The van der Waals surface area contributed by atoms with E-state index >= 15 is 0 Å². The van der Waals surface area contributed by atoms with Gasteiger partial charge in [-0.25, -0.2) is 9.79 Å². The maximum Gasteiger partial charge on any atom is 0.357 e. The smallest absolute Gasteiger partial charge is 0.357 e. The summed E-state index contributed by atoms with van der Waals surface area (Å²) in [5, 5.41) is 0.836. The highest BCUT2D eigenvalue weighted by atomic mass is 32.2. The summed E-state index contributed by atoms with van der Waals surface area (Å²) in [5.74, 6) is 0.341. The second-order valence-corrected chi connectivity index (χ2v) is 3.42. The molecule has 2 aliphatic rings. The molecule has 0 aromatic carbocycles. The summed E-state index contributed by atoms with van der Waals surface area (Å²) in [6.07, 6.45) is 1.67. The van der Waals surface area contributed by atoms with E-state index in [0.717, 1.165) is 10.8 Å². The topological polar surface area (TPSA) is 51.0 Å². The van der Waals surface area contributed by atoms with Crippen molar-refractivity contribution in [3.8, 4) is 0 Å². The summed E-state index contributed by atoms with van der Waals surface area (Å²) in [5.41, 5.74) is 1.18. The number of hydrogen-bond donors (Lipinski definition) is 0. The lowest BCUT2D eigenvalue weighted by molar-refractivity contribution is -0.138. The number of esters is 1. The summed E-state index contributed by atoms with van der Waals surface area (Å²) in [6.45, 7) is 2.15. The predicted octanol–water partition coefficient (Wildman–Crippen LogP) is 0.991. The Morgan fingerprint density at radius 2 is 2.62 bits per heavy atom. The molecule has 5 heteroatoms. The first-order valence-corrected chi connectivity index (χ1v) is 4.95. The van der Waals surface area contributed by atoms with Gasteiger partial charge in [-0.05, 0) is 13.0 Å². The third-order valence-corrected chi connectivity index (χ3v) is 2.47. The highest BCUT2D eigenvalue weighted by molar-refractivity contribution is 8.16. The van der Waals surface area contributed by atoms with E-state index in [4.69, 9.17) is 4.74 Å². The Labute approximate surface area is 79.8 Å². The molecule has 4 nitrogen and oxygen atoms in total. The molecule has 0 aromatic heterocycles. The van der Waals surface area contributed by atoms with Crippen molar-refractivity contribution in [1.82, 2.24) is 0 Å². The van der Waals surface area contributed by atoms with Gasteiger partial charge in [0.1, 0.15) is 5.04 Å². The zero-order valence-electron chi connectivity index (χ0n) is 7.11. The van der Waals surface area contributed by atoms with Crippen LogP contribution >= 0.6 is 11.8 Å². The van der Waals surface area contributed by atoms with Gasteiger partial charge in [0.05, 0.1) is 18.2 Å². The van der Waals surface area contributed by atoms with Gasteiger partial charge in [-0.2, -0.15) is 0 Å². The summed E-state index contributed by atoms with van der Waals surface area (Å²) in [4.78, 5) is 19.5. The van der Waals surface area contributed by atoms with Crippen molar-refractivity contribution < 1.29 is 9.53 Å². The summed E-state index contributed by atoms with van der Waals surface area (Å²) < 4.78 is 4.81. The van der Waals surface area contributed by atoms with E-state index in [1.54, 1.807) is 13.0 Å². The largest absolute Gasteiger partial charge is 0.461 e. The molecule has 2 rings (SSSR count). The lowest BCUT2D eigenvalue weighted by Crippen LogP contribution is -2.04. The Hall–Kier alpha value is -1.10. The molecular formula is C8H8N2O2S. The van der Waals surface area contributed by atoms with Crippen LogP contribution in [0.5, 0.6) is 0 Å². The zero-order valence-corrected chi connectivity index (χ0v) is 7.93. The predicted molar refractivity (Wildman–Crippen MR) is 52.0 cm³/mol. The van der Waals surface area contributed by atoms with Crippen LogP contribution in [0.4, 0.5) is 0 Å². The lowest BCUT2D eigenvalue weighted by atomic mass is 10.3. The molecule has 0 radical (unpaired) electrons. The Bertz CT molecular complexity index is 344. The van der Waals surface area contributed by atoms with Crippen molar-refractivity contribution in [1.29, 1.82) is 0 Å². The van der Waals surface area contributed by atoms with Gasteiger partial charge in [-0.3, -0.25) is 4.99 Å². The molecule has 0 atom stereocenters. The molecule has 13 heavy (non-hydrogen) atoms. The Balaban J connectivity index is 2.16. The first kappa shape index (κ1) is 8.50.